The van der Waals surface area contributed by atoms with Gasteiger partial charge in [0.1, 0.15) is 19.3 Å². The predicted molar refractivity (Wildman–Crippen MR) is 345 cm³/mol. The van der Waals surface area contributed by atoms with Crippen LogP contribution in [0.15, 0.2) is 0 Å². The molecule has 0 amide bonds. The van der Waals surface area contributed by atoms with Crippen LogP contribution in [0, 0.1) is 11.8 Å². The van der Waals surface area contributed by atoms with Crippen molar-refractivity contribution in [2.75, 3.05) is 39.6 Å². The van der Waals surface area contributed by atoms with Crippen molar-refractivity contribution in [2.45, 2.75) is 355 Å². The standard InChI is InChI=1S/C67H130O17P2/c1-7-10-12-14-15-16-17-20-24-27-32-38-44-50-65(70)78-56-63(84-66(71)51-45-39-33-28-25-22-19-18-21-23-26-31-37-42-48-60(6)9-3)58-82-86(75,76)80-54-61(68)53-79-85(73,74)81-57-62(55-77-64(69)49-43-35-13-11-8-2)83-67(72)52-46-40-34-29-30-36-41-47-59(4)5/h59-63,68H,7-58H2,1-6H3,(H,73,74)(H,75,76)/t60?,61-,62+,63+/m0/s1. The van der Waals surface area contributed by atoms with Crippen molar-refractivity contribution in [1.82, 2.24) is 0 Å². The van der Waals surface area contributed by atoms with Gasteiger partial charge in [-0.1, -0.05) is 286 Å². The third kappa shape index (κ3) is 59.7. The molecule has 0 aromatic heterocycles. The number of carbonyl (C=O) groups excluding carboxylic acids is 4. The van der Waals surface area contributed by atoms with Gasteiger partial charge in [-0.25, -0.2) is 9.13 Å². The fourth-order valence-corrected chi connectivity index (χ4v) is 11.6. The van der Waals surface area contributed by atoms with E-state index in [1.807, 2.05) is 0 Å². The predicted octanol–water partition coefficient (Wildman–Crippen LogP) is 18.8. The lowest BCUT2D eigenvalue weighted by Gasteiger charge is -2.21. The van der Waals surface area contributed by atoms with Crippen molar-refractivity contribution in [2.24, 2.45) is 11.8 Å². The Kier molecular flexibility index (Phi) is 58.0. The number of phosphoric ester groups is 2. The van der Waals surface area contributed by atoms with Gasteiger partial charge in [0, 0.05) is 25.7 Å². The molecule has 6 atom stereocenters. The Hall–Kier alpha value is -1.94. The van der Waals surface area contributed by atoms with Crippen molar-refractivity contribution in [3.63, 3.8) is 0 Å². The number of carbonyl (C=O) groups is 4. The molecule has 0 aromatic rings. The van der Waals surface area contributed by atoms with Crippen molar-refractivity contribution >= 4 is 39.5 Å². The first kappa shape index (κ1) is 84.1. The summed E-state index contributed by atoms with van der Waals surface area (Å²) < 4.78 is 67.9. The van der Waals surface area contributed by atoms with Gasteiger partial charge >= 0.3 is 39.5 Å². The normalized spacial score (nSPS) is 14.5. The van der Waals surface area contributed by atoms with E-state index in [0.29, 0.717) is 31.6 Å². The largest absolute Gasteiger partial charge is 0.472 e. The lowest BCUT2D eigenvalue weighted by Crippen LogP contribution is -2.30. The molecule has 0 saturated heterocycles. The number of unbranched alkanes of at least 4 members (excludes halogenated alkanes) is 35. The Bertz CT molecular complexity index is 1690. The van der Waals surface area contributed by atoms with Gasteiger partial charge in [0.2, 0.25) is 0 Å². The fraction of sp³-hybridized carbons (Fsp3) is 0.940. The molecule has 510 valence electrons. The Labute approximate surface area is 524 Å². The summed E-state index contributed by atoms with van der Waals surface area (Å²) in [4.78, 5) is 72.1. The van der Waals surface area contributed by atoms with E-state index in [0.717, 1.165) is 102 Å². The summed E-state index contributed by atoms with van der Waals surface area (Å²) in [6.07, 6.45) is 43.5. The molecule has 17 nitrogen and oxygen atoms in total. The summed E-state index contributed by atoms with van der Waals surface area (Å²) in [6, 6.07) is 0. The molecule has 0 bridgehead atoms. The molecule has 0 aliphatic carbocycles. The first-order chi connectivity index (χ1) is 41.4. The number of hydrogen-bond acceptors (Lipinski definition) is 15. The number of aliphatic hydroxyl groups is 1. The van der Waals surface area contributed by atoms with Crippen LogP contribution in [0.25, 0.3) is 0 Å². The Balaban J connectivity index is 5.16. The summed E-state index contributed by atoms with van der Waals surface area (Å²) in [7, 11) is -9.88. The summed E-state index contributed by atoms with van der Waals surface area (Å²) in [5.41, 5.74) is 0. The maximum absolute atomic E-state index is 13.0. The molecule has 0 rings (SSSR count). The number of phosphoric acid groups is 2. The third-order valence-electron chi connectivity index (χ3n) is 15.8. The monoisotopic (exact) mass is 1270 g/mol. The first-order valence-electron chi connectivity index (χ1n) is 35.0. The molecule has 0 saturated carbocycles. The number of ether oxygens (including phenoxy) is 4. The summed E-state index contributed by atoms with van der Waals surface area (Å²) >= 11 is 0. The van der Waals surface area contributed by atoms with E-state index in [2.05, 4.69) is 41.5 Å². The van der Waals surface area contributed by atoms with Crippen molar-refractivity contribution in [3.05, 3.63) is 0 Å². The topological polar surface area (TPSA) is 237 Å². The minimum Gasteiger partial charge on any atom is -0.462 e. The SMILES string of the molecule is CCCCCCCCCCCCCCCC(=O)OC[C@H](COP(=O)(O)OC[C@@H](O)COP(=O)(O)OC[C@@H](COC(=O)CCCCCCC)OC(=O)CCCCCCCCCC(C)C)OC(=O)CCCCCCCCCCCCCCCCC(C)CC. The van der Waals surface area contributed by atoms with Gasteiger partial charge in [-0.2, -0.15) is 0 Å². The fourth-order valence-electron chi connectivity index (χ4n) is 10.0. The van der Waals surface area contributed by atoms with E-state index < -0.39 is 97.5 Å². The maximum atomic E-state index is 13.0. The van der Waals surface area contributed by atoms with Crippen LogP contribution in [-0.4, -0.2) is 96.7 Å². The van der Waals surface area contributed by atoms with Crippen LogP contribution in [-0.2, 0) is 65.4 Å². The van der Waals surface area contributed by atoms with Crippen LogP contribution in [0.3, 0.4) is 0 Å². The van der Waals surface area contributed by atoms with Crippen molar-refractivity contribution in [1.29, 1.82) is 0 Å². The Morgan fingerprint density at radius 2 is 0.593 bits per heavy atom. The number of hydrogen-bond donors (Lipinski definition) is 3. The summed E-state index contributed by atoms with van der Waals surface area (Å²) in [5.74, 6) is -0.599. The Morgan fingerprint density at radius 1 is 0.337 bits per heavy atom. The second-order valence-corrected chi connectivity index (χ2v) is 27.8. The molecule has 0 aromatic carbocycles. The second kappa shape index (κ2) is 59.4. The molecule has 0 aliphatic rings. The van der Waals surface area contributed by atoms with Gasteiger partial charge in [-0.15, -0.1) is 0 Å². The van der Waals surface area contributed by atoms with Gasteiger partial charge in [0.05, 0.1) is 26.4 Å². The highest BCUT2D eigenvalue weighted by Crippen LogP contribution is 2.45. The molecular formula is C67H130O17P2. The van der Waals surface area contributed by atoms with E-state index >= 15 is 0 Å². The zero-order valence-corrected chi connectivity index (χ0v) is 57.4. The van der Waals surface area contributed by atoms with Crippen molar-refractivity contribution in [3.8, 4) is 0 Å². The van der Waals surface area contributed by atoms with E-state index in [4.69, 9.17) is 37.0 Å². The maximum Gasteiger partial charge on any atom is 0.472 e. The Morgan fingerprint density at radius 3 is 0.884 bits per heavy atom. The minimum absolute atomic E-state index is 0.103. The molecule has 19 heteroatoms. The second-order valence-electron chi connectivity index (χ2n) is 24.9. The van der Waals surface area contributed by atoms with Gasteiger partial charge in [0.15, 0.2) is 12.2 Å². The van der Waals surface area contributed by atoms with Crippen LogP contribution in [0.4, 0.5) is 0 Å². The molecule has 0 fully saturated rings. The number of aliphatic hydroxyl groups excluding tert-OH is 1. The van der Waals surface area contributed by atoms with Crippen LogP contribution in [0.5, 0.6) is 0 Å². The lowest BCUT2D eigenvalue weighted by atomic mass is 9.99. The minimum atomic E-state index is -4.95. The smallest absolute Gasteiger partial charge is 0.462 e. The number of rotatable bonds is 66. The van der Waals surface area contributed by atoms with E-state index in [-0.39, 0.29) is 25.7 Å². The highest BCUT2D eigenvalue weighted by molar-refractivity contribution is 7.47. The third-order valence-corrected chi connectivity index (χ3v) is 17.7. The quantitative estimate of drug-likeness (QED) is 0.0222. The van der Waals surface area contributed by atoms with E-state index in [9.17, 15) is 43.2 Å². The zero-order chi connectivity index (χ0) is 63.6. The lowest BCUT2D eigenvalue weighted by molar-refractivity contribution is -0.161. The average Bonchev–Trinajstić information content (AvgIpc) is 3.52. The average molecular weight is 1270 g/mol. The molecule has 0 aliphatic heterocycles. The van der Waals surface area contributed by atoms with Crippen LogP contribution >= 0.6 is 15.6 Å². The van der Waals surface area contributed by atoms with Crippen LogP contribution in [0.1, 0.15) is 337 Å². The van der Waals surface area contributed by atoms with Crippen molar-refractivity contribution < 1.29 is 80.2 Å². The molecule has 86 heavy (non-hydrogen) atoms. The van der Waals surface area contributed by atoms with Gasteiger partial charge in [-0.3, -0.25) is 37.3 Å². The van der Waals surface area contributed by atoms with Crippen LogP contribution < -0.4 is 0 Å². The zero-order valence-electron chi connectivity index (χ0n) is 55.6. The van der Waals surface area contributed by atoms with Gasteiger partial charge < -0.3 is 33.8 Å². The highest BCUT2D eigenvalue weighted by atomic mass is 31.2. The van der Waals surface area contributed by atoms with Crippen LogP contribution in [0.2, 0.25) is 0 Å². The molecule has 0 radical (unpaired) electrons. The van der Waals surface area contributed by atoms with Gasteiger partial charge in [-0.05, 0) is 37.5 Å². The van der Waals surface area contributed by atoms with E-state index in [1.54, 1.807) is 0 Å². The summed E-state index contributed by atoms with van der Waals surface area (Å²) in [5, 5.41) is 10.5. The van der Waals surface area contributed by atoms with E-state index in [1.165, 1.54) is 148 Å². The highest BCUT2D eigenvalue weighted by Gasteiger charge is 2.30. The molecular weight excluding hydrogens is 1140 g/mol. The van der Waals surface area contributed by atoms with Gasteiger partial charge in [0.25, 0.3) is 0 Å². The first-order valence-corrected chi connectivity index (χ1v) is 38.0. The molecule has 0 spiro atoms. The number of esters is 4. The molecule has 3 N–H and O–H groups in total. The summed E-state index contributed by atoms with van der Waals surface area (Å²) in [6.45, 7) is 9.42. The molecule has 3 unspecified atom stereocenters. The molecule has 0 heterocycles.